The molecule has 0 radical (unpaired) electrons. The monoisotopic (exact) mass is 387 g/mol. The van der Waals surface area contributed by atoms with Crippen LogP contribution < -0.4 is 4.90 Å². The maximum Gasteiger partial charge on any atom is 0.387 e. The Kier molecular flexibility index (Phi) is 8.07. The summed E-state index contributed by atoms with van der Waals surface area (Å²) in [7, 11) is 0. The number of ether oxygens (including phenoxy) is 1. The van der Waals surface area contributed by atoms with Crippen LogP contribution in [0, 0.1) is 10.1 Å². The van der Waals surface area contributed by atoms with Crippen molar-refractivity contribution in [3.63, 3.8) is 0 Å². The Bertz CT molecular complexity index is 631. The molecule has 0 amide bonds. The highest BCUT2D eigenvalue weighted by atomic mass is 19.3. The van der Waals surface area contributed by atoms with Gasteiger partial charge in [-0.2, -0.15) is 0 Å². The lowest BCUT2D eigenvalue weighted by molar-refractivity contribution is -0.388. The molecule has 0 saturated carbocycles. The number of hydrogen-bond donors (Lipinski definition) is 0. The van der Waals surface area contributed by atoms with Gasteiger partial charge in [0.05, 0.1) is 23.8 Å². The molecular formula is C19H31F2N3O3. The predicted octanol–water partition coefficient (Wildman–Crippen LogP) is 5.30. The molecule has 1 fully saturated rings. The molecule has 1 saturated heterocycles. The molecule has 1 unspecified atom stereocenters. The molecule has 1 aliphatic rings. The third-order valence-electron chi connectivity index (χ3n) is 4.98. The minimum Gasteiger partial charge on any atom is -0.371 e. The number of nitro groups is 1. The molecule has 0 spiro atoms. The van der Waals surface area contributed by atoms with Gasteiger partial charge in [-0.15, -0.1) is 0 Å². The number of aromatic nitrogens is 1. The molecule has 154 valence electrons. The highest BCUT2D eigenvalue weighted by Crippen LogP contribution is 2.39. The van der Waals surface area contributed by atoms with Crippen LogP contribution in [0.5, 0.6) is 0 Å². The van der Waals surface area contributed by atoms with E-state index in [-0.39, 0.29) is 17.3 Å². The molecule has 1 aliphatic heterocycles. The molecule has 1 atom stereocenters. The molecular weight excluding hydrogens is 356 g/mol. The fourth-order valence-electron chi connectivity index (χ4n) is 3.36. The second kappa shape index (κ2) is 9.39. The van der Waals surface area contributed by atoms with E-state index in [0.717, 1.165) is 26.0 Å². The van der Waals surface area contributed by atoms with E-state index in [9.17, 15) is 18.9 Å². The van der Waals surface area contributed by atoms with Crippen LogP contribution in [0.15, 0.2) is 12.3 Å². The number of morpholine rings is 1. The van der Waals surface area contributed by atoms with Gasteiger partial charge in [-0.05, 0) is 35.7 Å². The summed E-state index contributed by atoms with van der Waals surface area (Å²) in [6, 6.07) is 0.991. The normalized spacial score (nSPS) is 19.3. The van der Waals surface area contributed by atoms with Crippen molar-refractivity contribution < 1.29 is 18.4 Å². The van der Waals surface area contributed by atoms with Crippen LogP contribution in [0.1, 0.15) is 66.4 Å². The van der Waals surface area contributed by atoms with Crippen molar-refractivity contribution >= 4 is 11.5 Å². The summed E-state index contributed by atoms with van der Waals surface area (Å²) in [4.78, 5) is 16.2. The van der Waals surface area contributed by atoms with Crippen molar-refractivity contribution in [2.24, 2.45) is 0 Å². The summed E-state index contributed by atoms with van der Waals surface area (Å²) >= 11 is 0. The quantitative estimate of drug-likeness (QED) is 0.506. The Hall–Kier alpha value is -1.83. The van der Waals surface area contributed by atoms with Crippen molar-refractivity contribution in [2.45, 2.75) is 78.4 Å². The van der Waals surface area contributed by atoms with Crippen LogP contribution in [0.2, 0.25) is 0 Å². The third-order valence-corrected chi connectivity index (χ3v) is 4.98. The lowest BCUT2D eigenvalue weighted by Gasteiger charge is -2.48. The minimum atomic E-state index is -3.11. The molecule has 2 rings (SSSR count). The Balaban J connectivity index is 0.00000114. The molecule has 1 aromatic heterocycles. The zero-order chi connectivity index (χ0) is 20.8. The first-order valence-corrected chi connectivity index (χ1v) is 9.51. The van der Waals surface area contributed by atoms with E-state index in [1.54, 1.807) is 4.90 Å². The van der Waals surface area contributed by atoms with E-state index in [1.165, 1.54) is 12.5 Å². The summed E-state index contributed by atoms with van der Waals surface area (Å²) in [5, 5.41) is 11.3. The Morgan fingerprint density at radius 3 is 2.37 bits per heavy atom. The molecule has 0 bridgehead atoms. The van der Waals surface area contributed by atoms with E-state index in [4.69, 9.17) is 4.74 Å². The van der Waals surface area contributed by atoms with Gasteiger partial charge in [-0.3, -0.25) is 0 Å². The molecule has 27 heavy (non-hydrogen) atoms. The molecule has 0 N–H and O–H groups in total. The predicted molar refractivity (Wildman–Crippen MR) is 102 cm³/mol. The topological polar surface area (TPSA) is 68.5 Å². The Morgan fingerprint density at radius 1 is 1.37 bits per heavy atom. The number of hydrogen-bond acceptors (Lipinski definition) is 5. The largest absolute Gasteiger partial charge is 0.387 e. The van der Waals surface area contributed by atoms with E-state index < -0.39 is 22.3 Å². The first-order chi connectivity index (χ1) is 12.6. The summed E-state index contributed by atoms with van der Waals surface area (Å²) in [6.45, 7) is 11.7. The van der Waals surface area contributed by atoms with Gasteiger partial charge in [0.25, 0.3) is 5.92 Å². The fourth-order valence-corrected chi connectivity index (χ4v) is 3.36. The lowest BCUT2D eigenvalue weighted by atomic mass is 9.86. The minimum absolute atomic E-state index is 0.126. The Morgan fingerprint density at radius 2 is 1.93 bits per heavy atom. The van der Waals surface area contributed by atoms with Crippen molar-refractivity contribution in [3.05, 3.63) is 27.9 Å². The van der Waals surface area contributed by atoms with Gasteiger partial charge in [0.1, 0.15) is 11.9 Å². The van der Waals surface area contributed by atoms with Crippen molar-refractivity contribution in [3.8, 4) is 0 Å². The second-order valence-electron chi connectivity index (χ2n) is 6.91. The molecule has 8 heteroatoms. The molecule has 6 nitrogen and oxygen atoms in total. The van der Waals surface area contributed by atoms with E-state index >= 15 is 0 Å². The van der Waals surface area contributed by atoms with Crippen molar-refractivity contribution in [1.82, 2.24) is 4.98 Å². The zero-order valence-corrected chi connectivity index (χ0v) is 17.1. The standard InChI is InChI=1S/C16H23F2N3O3.C3H8/c1-5-16(6-2)11(3)20(7-8-24-16)13-9-12(15(4,17)18)10-19-14(13)21(22)23;1-3-2/h9-11H,5-8H2,1-4H3;3H2,1-2H3. The number of pyridine rings is 1. The third kappa shape index (κ3) is 5.12. The molecule has 1 aromatic rings. The molecule has 0 aliphatic carbocycles. The van der Waals surface area contributed by atoms with Crippen molar-refractivity contribution in [2.75, 3.05) is 18.1 Å². The molecule has 2 heterocycles. The maximum atomic E-state index is 13.7. The van der Waals surface area contributed by atoms with Crippen LogP contribution in [-0.4, -0.2) is 34.7 Å². The average molecular weight is 387 g/mol. The number of halogens is 2. The van der Waals surface area contributed by atoms with E-state index in [0.29, 0.717) is 13.2 Å². The summed E-state index contributed by atoms with van der Waals surface area (Å²) in [5.74, 6) is -3.52. The Labute approximate surface area is 160 Å². The van der Waals surface area contributed by atoms with Gasteiger partial charge in [0, 0.05) is 13.5 Å². The van der Waals surface area contributed by atoms with Crippen LogP contribution in [0.3, 0.4) is 0 Å². The van der Waals surface area contributed by atoms with Gasteiger partial charge in [-0.1, -0.05) is 34.1 Å². The van der Waals surface area contributed by atoms with E-state index in [2.05, 4.69) is 18.8 Å². The molecule has 0 aromatic carbocycles. The lowest BCUT2D eigenvalue weighted by Crippen LogP contribution is -2.58. The van der Waals surface area contributed by atoms with Gasteiger partial charge in [0.2, 0.25) is 0 Å². The zero-order valence-electron chi connectivity index (χ0n) is 17.1. The van der Waals surface area contributed by atoms with Crippen LogP contribution >= 0.6 is 0 Å². The van der Waals surface area contributed by atoms with Gasteiger partial charge in [-0.25, -0.2) is 8.78 Å². The fraction of sp³-hybridized carbons (Fsp3) is 0.737. The number of anilines is 1. The highest BCUT2D eigenvalue weighted by Gasteiger charge is 2.43. The number of nitrogens with zero attached hydrogens (tertiary/aromatic N) is 3. The smallest absolute Gasteiger partial charge is 0.371 e. The second-order valence-corrected chi connectivity index (χ2v) is 6.91. The van der Waals surface area contributed by atoms with E-state index in [1.807, 2.05) is 20.8 Å². The first kappa shape index (κ1) is 23.2. The van der Waals surface area contributed by atoms with Crippen LogP contribution in [0.25, 0.3) is 0 Å². The number of rotatable bonds is 5. The first-order valence-electron chi connectivity index (χ1n) is 9.51. The van der Waals surface area contributed by atoms with Crippen LogP contribution in [-0.2, 0) is 10.7 Å². The average Bonchev–Trinajstić information content (AvgIpc) is 2.61. The van der Waals surface area contributed by atoms with Crippen molar-refractivity contribution in [1.29, 1.82) is 0 Å². The highest BCUT2D eigenvalue weighted by molar-refractivity contribution is 5.62. The van der Waals surface area contributed by atoms with Gasteiger partial charge < -0.3 is 19.8 Å². The van der Waals surface area contributed by atoms with Crippen LogP contribution in [0.4, 0.5) is 20.3 Å². The summed E-state index contributed by atoms with van der Waals surface area (Å²) in [6.07, 6.45) is 3.58. The van der Waals surface area contributed by atoms with Gasteiger partial charge in [0.15, 0.2) is 0 Å². The SMILES string of the molecule is CCC.CCC1(CC)OCCN(c2cc(C(C)(F)F)cnc2[N+](=O)[O-])C1C. The number of alkyl halides is 2. The van der Waals surface area contributed by atoms with Gasteiger partial charge >= 0.3 is 5.82 Å². The maximum absolute atomic E-state index is 13.7. The summed E-state index contributed by atoms with van der Waals surface area (Å²) < 4.78 is 33.3. The summed E-state index contributed by atoms with van der Waals surface area (Å²) in [5.41, 5.74) is -0.668.